The number of hydrogen-bond donors (Lipinski definition) is 1. The lowest BCUT2D eigenvalue weighted by molar-refractivity contribution is -0.118. The second-order valence-corrected chi connectivity index (χ2v) is 6.27. The number of carbonyl (C=O) groups is 1. The van der Waals surface area contributed by atoms with Crippen LogP contribution in [0, 0.1) is 6.92 Å². The predicted molar refractivity (Wildman–Crippen MR) is 85.0 cm³/mol. The number of ether oxygens (including phenoxy) is 1. The largest absolute Gasteiger partial charge is 0.488 e. The maximum Gasteiger partial charge on any atom is 0.230 e. The normalized spacial score (nSPS) is 16.1. The van der Waals surface area contributed by atoms with Gasteiger partial charge in [0.1, 0.15) is 17.6 Å². The lowest BCUT2D eigenvalue weighted by atomic mass is 10.1. The van der Waals surface area contributed by atoms with Crippen molar-refractivity contribution in [2.45, 2.75) is 25.2 Å². The Labute approximate surface area is 133 Å². The van der Waals surface area contributed by atoms with Gasteiger partial charge in [-0.15, -0.1) is 11.8 Å². The van der Waals surface area contributed by atoms with E-state index in [1.54, 1.807) is 0 Å². The van der Waals surface area contributed by atoms with Crippen molar-refractivity contribution >= 4 is 17.7 Å². The van der Waals surface area contributed by atoms with Gasteiger partial charge in [-0.05, 0) is 18.6 Å². The number of aromatic nitrogens is 1. The highest BCUT2D eigenvalue weighted by molar-refractivity contribution is 7.99. The third-order valence-electron chi connectivity index (χ3n) is 3.39. The fraction of sp³-hybridized carbons (Fsp3) is 0.375. The summed E-state index contributed by atoms with van der Waals surface area (Å²) in [6.45, 7) is 2.42. The summed E-state index contributed by atoms with van der Waals surface area (Å²) in [5, 5.41) is 6.74. The van der Waals surface area contributed by atoms with Crippen LogP contribution in [0.2, 0.25) is 0 Å². The van der Waals surface area contributed by atoms with E-state index in [4.69, 9.17) is 9.26 Å². The van der Waals surface area contributed by atoms with Crippen LogP contribution in [0.25, 0.3) is 0 Å². The zero-order valence-electron chi connectivity index (χ0n) is 12.4. The average molecular weight is 318 g/mol. The van der Waals surface area contributed by atoms with Gasteiger partial charge in [0.25, 0.3) is 0 Å². The van der Waals surface area contributed by atoms with Gasteiger partial charge in [0.05, 0.1) is 23.7 Å². The Kier molecular flexibility index (Phi) is 4.68. The maximum absolute atomic E-state index is 11.8. The molecule has 5 nitrogen and oxygen atoms in total. The topological polar surface area (TPSA) is 64.4 Å². The van der Waals surface area contributed by atoms with E-state index in [1.165, 1.54) is 17.3 Å². The molecule has 1 aromatic carbocycles. The summed E-state index contributed by atoms with van der Waals surface area (Å²) >= 11 is 1.51. The van der Waals surface area contributed by atoms with Crippen molar-refractivity contribution in [3.63, 3.8) is 0 Å². The summed E-state index contributed by atoms with van der Waals surface area (Å²) in [6, 6.07) is 9.87. The quantitative estimate of drug-likeness (QED) is 0.885. The molecule has 2 aromatic rings. The number of aryl methyl sites for hydroxylation is 1. The molecule has 22 heavy (non-hydrogen) atoms. The molecule has 1 N–H and O–H groups in total. The Hall–Kier alpha value is -1.95. The van der Waals surface area contributed by atoms with Crippen LogP contribution in [-0.2, 0) is 17.0 Å². The summed E-state index contributed by atoms with van der Waals surface area (Å²) in [4.78, 5) is 11.8. The lowest BCUT2D eigenvalue weighted by Gasteiger charge is -2.11. The number of amides is 1. The summed E-state index contributed by atoms with van der Waals surface area (Å²) < 4.78 is 10.9. The van der Waals surface area contributed by atoms with Crippen LogP contribution < -0.4 is 10.1 Å². The van der Waals surface area contributed by atoms with E-state index in [-0.39, 0.29) is 12.0 Å². The van der Waals surface area contributed by atoms with Gasteiger partial charge >= 0.3 is 0 Å². The van der Waals surface area contributed by atoms with Gasteiger partial charge in [0.15, 0.2) is 0 Å². The van der Waals surface area contributed by atoms with E-state index in [2.05, 4.69) is 16.5 Å². The second kappa shape index (κ2) is 6.87. The molecule has 1 amide bonds. The predicted octanol–water partition coefficient (Wildman–Crippen LogP) is 2.34. The molecule has 2 heterocycles. The monoisotopic (exact) mass is 318 g/mol. The zero-order chi connectivity index (χ0) is 15.4. The number of rotatable bonds is 6. The highest BCUT2D eigenvalue weighted by Gasteiger charge is 2.22. The standard InChI is InChI=1S/C16H18N2O3S/c1-11-6-14(21-18-11)9-22-10-16(19)17-8-13-7-12-4-2-3-5-15(12)20-13/h2-6,13H,7-10H2,1H3,(H,17,19)/t13-/m0/s1. The molecule has 0 bridgehead atoms. The summed E-state index contributed by atoms with van der Waals surface area (Å²) in [6.07, 6.45) is 0.879. The van der Waals surface area contributed by atoms with Crippen LogP contribution in [0.1, 0.15) is 17.0 Å². The Morgan fingerprint density at radius 3 is 3.09 bits per heavy atom. The molecule has 1 aromatic heterocycles. The molecule has 3 rings (SSSR count). The minimum atomic E-state index is 0.0146. The fourth-order valence-corrected chi connectivity index (χ4v) is 3.10. The highest BCUT2D eigenvalue weighted by atomic mass is 32.2. The molecule has 6 heteroatoms. The molecule has 0 aliphatic carbocycles. The van der Waals surface area contributed by atoms with Crippen LogP contribution in [0.15, 0.2) is 34.9 Å². The first kappa shape index (κ1) is 15.0. The molecule has 1 atom stereocenters. The summed E-state index contributed by atoms with van der Waals surface area (Å²) in [5.41, 5.74) is 2.06. The Balaban J connectivity index is 1.35. The first-order valence-corrected chi connectivity index (χ1v) is 8.37. The number of thioether (sulfide) groups is 1. The number of nitrogens with one attached hydrogen (secondary N) is 1. The van der Waals surface area contributed by atoms with E-state index in [9.17, 15) is 4.79 Å². The minimum Gasteiger partial charge on any atom is -0.488 e. The van der Waals surface area contributed by atoms with Crippen molar-refractivity contribution < 1.29 is 14.1 Å². The van der Waals surface area contributed by atoms with Gasteiger partial charge in [0, 0.05) is 12.5 Å². The number of fused-ring (bicyclic) bond motifs is 1. The minimum absolute atomic E-state index is 0.0146. The summed E-state index contributed by atoms with van der Waals surface area (Å²) in [7, 11) is 0. The third-order valence-corrected chi connectivity index (χ3v) is 4.35. The van der Waals surface area contributed by atoms with Crippen LogP contribution in [0.5, 0.6) is 5.75 Å². The zero-order valence-corrected chi connectivity index (χ0v) is 13.2. The smallest absolute Gasteiger partial charge is 0.230 e. The van der Waals surface area contributed by atoms with Crippen LogP contribution in [-0.4, -0.2) is 29.5 Å². The van der Waals surface area contributed by atoms with E-state index < -0.39 is 0 Å². The highest BCUT2D eigenvalue weighted by Crippen LogP contribution is 2.27. The number of carbonyl (C=O) groups excluding carboxylic acids is 1. The molecule has 0 radical (unpaired) electrons. The van der Waals surface area contributed by atoms with E-state index in [1.807, 2.05) is 31.2 Å². The molecular weight excluding hydrogens is 300 g/mol. The van der Waals surface area contributed by atoms with Gasteiger partial charge < -0.3 is 14.6 Å². The molecule has 1 aliphatic rings. The Morgan fingerprint density at radius 1 is 1.45 bits per heavy atom. The molecule has 0 fully saturated rings. The van der Waals surface area contributed by atoms with E-state index >= 15 is 0 Å². The molecule has 0 saturated carbocycles. The SMILES string of the molecule is Cc1cc(CSCC(=O)NC[C@@H]2Cc3ccccc3O2)on1. The Morgan fingerprint density at radius 2 is 2.32 bits per heavy atom. The van der Waals surface area contributed by atoms with Crippen molar-refractivity contribution in [2.75, 3.05) is 12.3 Å². The van der Waals surface area contributed by atoms with E-state index in [0.29, 0.717) is 18.1 Å². The van der Waals surface area contributed by atoms with E-state index in [0.717, 1.165) is 23.6 Å². The molecule has 0 unspecified atom stereocenters. The number of para-hydroxylation sites is 1. The lowest BCUT2D eigenvalue weighted by Crippen LogP contribution is -2.35. The van der Waals surface area contributed by atoms with Crippen molar-refractivity contribution in [1.82, 2.24) is 10.5 Å². The molecular formula is C16H18N2O3S. The van der Waals surface area contributed by atoms with Gasteiger partial charge in [-0.2, -0.15) is 0 Å². The number of hydrogen-bond acceptors (Lipinski definition) is 5. The maximum atomic E-state index is 11.8. The van der Waals surface area contributed by atoms with Crippen LogP contribution in [0.4, 0.5) is 0 Å². The van der Waals surface area contributed by atoms with Crippen molar-refractivity contribution in [1.29, 1.82) is 0 Å². The second-order valence-electron chi connectivity index (χ2n) is 5.28. The van der Waals surface area contributed by atoms with Gasteiger partial charge in [-0.25, -0.2) is 0 Å². The van der Waals surface area contributed by atoms with Crippen molar-refractivity contribution in [3.05, 3.63) is 47.3 Å². The van der Waals surface area contributed by atoms with Crippen molar-refractivity contribution in [2.24, 2.45) is 0 Å². The first-order valence-electron chi connectivity index (χ1n) is 7.22. The third kappa shape index (κ3) is 3.82. The van der Waals surface area contributed by atoms with Crippen LogP contribution in [0.3, 0.4) is 0 Å². The summed E-state index contributed by atoms with van der Waals surface area (Å²) in [5.74, 6) is 2.79. The van der Waals surface area contributed by atoms with Gasteiger partial charge in [-0.3, -0.25) is 4.79 Å². The molecule has 1 aliphatic heterocycles. The van der Waals surface area contributed by atoms with Crippen molar-refractivity contribution in [3.8, 4) is 5.75 Å². The molecule has 0 spiro atoms. The molecule has 0 saturated heterocycles. The number of nitrogens with zero attached hydrogens (tertiary/aromatic N) is 1. The molecule has 116 valence electrons. The fourth-order valence-electron chi connectivity index (χ4n) is 2.38. The van der Waals surface area contributed by atoms with Crippen LogP contribution >= 0.6 is 11.8 Å². The van der Waals surface area contributed by atoms with Gasteiger partial charge in [0.2, 0.25) is 5.91 Å². The number of benzene rings is 1. The van der Waals surface area contributed by atoms with Gasteiger partial charge in [-0.1, -0.05) is 23.4 Å². The first-order chi connectivity index (χ1) is 10.7. The Bertz CT molecular complexity index is 631. The average Bonchev–Trinajstić information content (AvgIpc) is 3.11.